The Morgan fingerprint density at radius 2 is 1.69 bits per heavy atom. The van der Waals surface area contributed by atoms with Gasteiger partial charge in [-0.1, -0.05) is 54.8 Å². The van der Waals surface area contributed by atoms with Crippen molar-refractivity contribution >= 4 is 61.4 Å². The Hall–Kier alpha value is -4.73. The number of aromatic nitrogens is 3. The van der Waals surface area contributed by atoms with E-state index in [0.29, 0.717) is 37.3 Å². The maximum Gasteiger partial charge on any atom is 0.268 e. The number of fused-ring (bicyclic) bond motifs is 1. The smallest absolute Gasteiger partial charge is 0.268 e. The molecular formula is C45H50Cl2FN7O5S. The minimum atomic E-state index is -4.47. The van der Waals surface area contributed by atoms with Crippen molar-refractivity contribution in [2.24, 2.45) is 5.41 Å². The number of halogens is 3. The summed E-state index contributed by atoms with van der Waals surface area (Å²) in [5.41, 5.74) is 4.31. The lowest BCUT2D eigenvalue weighted by Crippen LogP contribution is -2.47. The second-order valence-electron chi connectivity index (χ2n) is 17.2. The highest BCUT2D eigenvalue weighted by Crippen LogP contribution is 2.43. The molecule has 0 atom stereocenters. The number of likely N-dealkylation sites (tertiary alicyclic amines) is 1. The molecule has 0 spiro atoms. The van der Waals surface area contributed by atoms with E-state index in [-0.39, 0.29) is 39.1 Å². The number of hydrogen-bond acceptors (Lipinski definition) is 10. The number of nitrogens with zero attached hydrogens (tertiary/aromatic N) is 5. The van der Waals surface area contributed by atoms with Gasteiger partial charge >= 0.3 is 0 Å². The third-order valence-electron chi connectivity index (χ3n) is 12.0. The van der Waals surface area contributed by atoms with Gasteiger partial charge in [-0.05, 0) is 98.2 Å². The van der Waals surface area contributed by atoms with E-state index in [9.17, 15) is 13.2 Å². The fourth-order valence-corrected chi connectivity index (χ4v) is 9.59. The van der Waals surface area contributed by atoms with Crippen molar-refractivity contribution in [1.29, 1.82) is 0 Å². The molecular weight excluding hydrogens is 841 g/mol. The predicted molar refractivity (Wildman–Crippen MR) is 237 cm³/mol. The first-order chi connectivity index (χ1) is 29.1. The van der Waals surface area contributed by atoms with Gasteiger partial charge < -0.3 is 24.3 Å². The zero-order valence-corrected chi connectivity index (χ0v) is 36.8. The summed E-state index contributed by atoms with van der Waals surface area (Å²) in [4.78, 5) is 31.8. The number of rotatable bonds is 12. The number of nitrogens with one attached hydrogen (secondary N) is 2. The Balaban J connectivity index is 0.982. The van der Waals surface area contributed by atoms with Crippen molar-refractivity contribution in [1.82, 2.24) is 29.5 Å². The van der Waals surface area contributed by atoms with Gasteiger partial charge in [-0.15, -0.1) is 0 Å². The van der Waals surface area contributed by atoms with Gasteiger partial charge in [0.05, 0.1) is 18.0 Å². The number of pyridine rings is 2. The van der Waals surface area contributed by atoms with Crippen LogP contribution in [0.2, 0.25) is 10.0 Å². The minimum absolute atomic E-state index is 0.00704. The lowest BCUT2D eigenvalue weighted by Gasteiger charge is -2.39. The van der Waals surface area contributed by atoms with Crippen molar-refractivity contribution < 1.29 is 27.1 Å². The number of amides is 1. The summed E-state index contributed by atoms with van der Waals surface area (Å²) < 4.78 is 56.5. The molecule has 2 N–H and O–H groups in total. The highest BCUT2D eigenvalue weighted by Gasteiger charge is 2.35. The number of hydrogen-bond donors (Lipinski definition) is 2. The zero-order chi connectivity index (χ0) is 42.9. The first-order valence-electron chi connectivity index (χ1n) is 20.5. The summed E-state index contributed by atoms with van der Waals surface area (Å²) in [5, 5.41) is 1.41. The van der Waals surface area contributed by atoms with E-state index >= 15 is 4.39 Å². The van der Waals surface area contributed by atoms with Gasteiger partial charge in [-0.2, -0.15) is 0 Å². The molecule has 322 valence electrons. The van der Waals surface area contributed by atoms with E-state index in [4.69, 9.17) is 32.7 Å². The van der Waals surface area contributed by atoms with Crippen LogP contribution in [0.25, 0.3) is 16.6 Å². The van der Waals surface area contributed by atoms with E-state index in [0.717, 1.165) is 80.3 Å². The molecule has 0 saturated carbocycles. The molecule has 0 radical (unpaired) electrons. The van der Waals surface area contributed by atoms with Crippen LogP contribution in [0.1, 0.15) is 61.9 Å². The second kappa shape index (κ2) is 17.6. The molecule has 2 aliphatic heterocycles. The number of anilines is 1. The number of ether oxygens (including phenoxy) is 2. The topological polar surface area (TPSA) is 133 Å². The number of allylic oxidation sites excluding steroid dienone is 1. The molecule has 16 heteroatoms. The molecule has 5 aromatic rings. The maximum atomic E-state index is 15.3. The number of H-pyrrole nitrogens is 1. The van der Waals surface area contributed by atoms with E-state index in [2.05, 4.69) is 55.5 Å². The molecule has 2 fully saturated rings. The normalized spacial score (nSPS) is 18.6. The molecule has 12 nitrogen and oxygen atoms in total. The maximum absolute atomic E-state index is 15.3. The van der Waals surface area contributed by atoms with Gasteiger partial charge in [0.15, 0.2) is 0 Å². The number of sulfonamides is 1. The van der Waals surface area contributed by atoms with Gasteiger partial charge in [0, 0.05) is 74.2 Å². The average Bonchev–Trinajstić information content (AvgIpc) is 3.71. The first kappa shape index (κ1) is 42.9. The molecule has 2 saturated heterocycles. The Bertz CT molecular complexity index is 2550. The van der Waals surface area contributed by atoms with Crippen LogP contribution in [-0.4, -0.2) is 104 Å². The molecule has 61 heavy (non-hydrogen) atoms. The van der Waals surface area contributed by atoms with Gasteiger partial charge in [-0.25, -0.2) is 27.5 Å². The van der Waals surface area contributed by atoms with Crippen LogP contribution < -0.4 is 19.1 Å². The highest BCUT2D eigenvalue weighted by molar-refractivity contribution is 7.90. The number of carbonyl (C=O) groups excluding carboxylic acids is 1. The second-order valence-corrected chi connectivity index (χ2v) is 19.7. The van der Waals surface area contributed by atoms with E-state index < -0.39 is 21.6 Å². The van der Waals surface area contributed by atoms with Crippen LogP contribution in [-0.2, 0) is 10.0 Å². The van der Waals surface area contributed by atoms with Gasteiger partial charge in [-0.3, -0.25) is 9.69 Å². The van der Waals surface area contributed by atoms with Gasteiger partial charge in [0.1, 0.15) is 39.3 Å². The monoisotopic (exact) mass is 889 g/mol. The highest BCUT2D eigenvalue weighted by atomic mass is 35.5. The lowest BCUT2D eigenvalue weighted by atomic mass is 9.72. The number of piperazine rings is 1. The van der Waals surface area contributed by atoms with Gasteiger partial charge in [0.2, 0.25) is 5.88 Å². The molecule has 3 aromatic heterocycles. The molecule has 1 aliphatic carbocycles. The molecule has 5 heterocycles. The number of piperidine rings is 1. The molecule has 0 bridgehead atoms. The van der Waals surface area contributed by atoms with Crippen molar-refractivity contribution in [3.8, 4) is 17.4 Å². The fraction of sp³-hybridized carbons (Fsp3) is 0.400. The molecule has 2 aromatic carbocycles. The molecule has 1 amide bonds. The summed E-state index contributed by atoms with van der Waals surface area (Å²) in [5.74, 6) is -0.490. The van der Waals surface area contributed by atoms with E-state index in [1.54, 1.807) is 30.5 Å². The molecule has 0 unspecified atom stereocenters. The summed E-state index contributed by atoms with van der Waals surface area (Å²) in [6.07, 6.45) is 8.14. The van der Waals surface area contributed by atoms with Crippen LogP contribution >= 0.6 is 23.2 Å². The summed E-state index contributed by atoms with van der Waals surface area (Å²) >= 11 is 12.6. The molecule has 8 rings (SSSR count). The standard InChI is InChI=1S/C45H50Cl2FN7O5S/c1-44(2)12-10-32(38(25-44)30-4-6-33(46)7-5-30)28-54-18-20-55(21-19-54)34-8-9-37(40(23-34)60-35-22-31-11-15-49-41(31)50-26-35)42(56)52-61(57,58)36-24-39(47)43(51-27-36)59-29-45(48)13-16-53(3)17-14-45/h4-9,11,15,22-24,26-27H,10,12-14,16-21,25,28-29H2,1-3H3,(H,49,50)(H,52,56). The summed E-state index contributed by atoms with van der Waals surface area (Å²) in [6.45, 7) is 9.63. The van der Waals surface area contributed by atoms with Gasteiger partial charge in [0.25, 0.3) is 15.9 Å². The third kappa shape index (κ3) is 10.2. The zero-order valence-electron chi connectivity index (χ0n) is 34.5. The van der Waals surface area contributed by atoms with Crippen LogP contribution in [0.15, 0.2) is 89.7 Å². The Labute approximate surface area is 366 Å². The Morgan fingerprint density at radius 1 is 0.934 bits per heavy atom. The quantitative estimate of drug-likeness (QED) is 0.125. The largest absolute Gasteiger partial charge is 0.473 e. The minimum Gasteiger partial charge on any atom is -0.473 e. The Morgan fingerprint density at radius 3 is 2.43 bits per heavy atom. The number of alkyl halides is 1. The summed E-state index contributed by atoms with van der Waals surface area (Å²) in [6, 6.07) is 18.1. The average molecular weight is 891 g/mol. The third-order valence-corrected chi connectivity index (χ3v) is 13.8. The first-order valence-corrected chi connectivity index (χ1v) is 22.8. The van der Waals surface area contributed by atoms with Crippen LogP contribution in [0.3, 0.4) is 0 Å². The van der Waals surface area contributed by atoms with Crippen molar-refractivity contribution in [2.45, 2.75) is 56.5 Å². The van der Waals surface area contributed by atoms with E-state index in [1.165, 1.54) is 22.9 Å². The number of carbonyl (C=O) groups is 1. The lowest BCUT2D eigenvalue weighted by molar-refractivity contribution is 0.0230. The fourth-order valence-electron chi connectivity index (χ4n) is 8.24. The molecule has 3 aliphatic rings. The Kier molecular flexibility index (Phi) is 12.4. The van der Waals surface area contributed by atoms with Crippen molar-refractivity contribution in [3.05, 3.63) is 106 Å². The SMILES string of the molecule is CN1CCC(F)(COc2ncc(S(=O)(=O)NC(=O)c3ccc(N4CCN(CC5=C(c6ccc(Cl)cc6)CC(C)(C)CC5)CC4)cc3Oc3cnc4[nH]ccc4c3)cc2Cl)CC1. The number of benzene rings is 2. The predicted octanol–water partition coefficient (Wildman–Crippen LogP) is 8.77. The number of aromatic amines is 1. The van der Waals surface area contributed by atoms with Crippen LogP contribution in [0.4, 0.5) is 10.1 Å². The van der Waals surface area contributed by atoms with Crippen molar-refractivity contribution in [3.63, 3.8) is 0 Å². The van der Waals surface area contributed by atoms with Crippen LogP contribution in [0.5, 0.6) is 17.4 Å². The van der Waals surface area contributed by atoms with Crippen LogP contribution in [0, 0.1) is 5.41 Å². The van der Waals surface area contributed by atoms with E-state index in [1.807, 2.05) is 30.1 Å². The summed E-state index contributed by atoms with van der Waals surface area (Å²) in [7, 11) is -2.54. The van der Waals surface area contributed by atoms with Crippen molar-refractivity contribution in [2.75, 3.05) is 64.4 Å².